The van der Waals surface area contributed by atoms with Gasteiger partial charge in [-0.25, -0.2) is 4.79 Å². The summed E-state index contributed by atoms with van der Waals surface area (Å²) in [6.07, 6.45) is 5.54. The van der Waals surface area contributed by atoms with Crippen molar-refractivity contribution in [2.45, 2.75) is 64.9 Å². The second-order valence-corrected chi connectivity index (χ2v) is 8.34. The van der Waals surface area contributed by atoms with Crippen LogP contribution in [0, 0.1) is 10.8 Å². The predicted molar refractivity (Wildman–Crippen MR) is 85.5 cm³/mol. The smallest absolute Gasteiger partial charge is 0.407 e. The highest BCUT2D eigenvalue weighted by atomic mass is 16.6. The third-order valence-corrected chi connectivity index (χ3v) is 5.27. The molecule has 0 radical (unpaired) electrons. The lowest BCUT2D eigenvalue weighted by atomic mass is 9.53. The largest absolute Gasteiger partial charge is 0.444 e. The van der Waals surface area contributed by atoms with Gasteiger partial charge in [0.1, 0.15) is 5.60 Å². The Morgan fingerprint density at radius 1 is 1.05 bits per heavy atom. The predicted octanol–water partition coefficient (Wildman–Crippen LogP) is 2.94. The van der Waals surface area contributed by atoms with Crippen LogP contribution < -0.4 is 5.32 Å². The Bertz CT molecular complexity index is 427. The minimum Gasteiger partial charge on any atom is -0.444 e. The average Bonchev–Trinajstić information content (AvgIpc) is 2.44. The molecule has 0 atom stereocenters. The zero-order valence-corrected chi connectivity index (χ0v) is 14.6. The normalized spacial score (nSPS) is 30.8. The molecule has 0 saturated heterocycles. The van der Waals surface area contributed by atoms with Gasteiger partial charge in [-0.2, -0.15) is 0 Å². The first-order valence-electron chi connectivity index (χ1n) is 8.26. The molecule has 0 aromatic heterocycles. The Morgan fingerprint density at radius 2 is 1.55 bits per heavy atom. The molecule has 2 amide bonds. The van der Waals surface area contributed by atoms with Gasteiger partial charge in [-0.15, -0.1) is 0 Å². The molecule has 3 fully saturated rings. The maximum absolute atomic E-state index is 12.4. The van der Waals surface area contributed by atoms with E-state index in [0.29, 0.717) is 6.54 Å². The highest BCUT2D eigenvalue weighted by Gasteiger charge is 2.52. The van der Waals surface area contributed by atoms with Gasteiger partial charge in [0.25, 0.3) is 0 Å². The third kappa shape index (κ3) is 3.55. The van der Waals surface area contributed by atoms with Crippen molar-refractivity contribution in [3.8, 4) is 0 Å². The van der Waals surface area contributed by atoms with Gasteiger partial charge in [0.2, 0.25) is 5.91 Å². The summed E-state index contributed by atoms with van der Waals surface area (Å²) in [5, 5.41) is 2.93. The van der Waals surface area contributed by atoms with E-state index < -0.39 is 5.60 Å². The van der Waals surface area contributed by atoms with Crippen molar-refractivity contribution in [3.05, 3.63) is 0 Å². The van der Waals surface area contributed by atoms with Crippen LogP contribution in [0.3, 0.4) is 0 Å². The van der Waals surface area contributed by atoms with Crippen LogP contribution in [0.4, 0.5) is 4.79 Å². The van der Waals surface area contributed by atoms with Gasteiger partial charge < -0.3 is 15.0 Å². The number of fused-ring (bicyclic) bond motifs is 3. The molecule has 5 heteroatoms. The van der Waals surface area contributed by atoms with Crippen LogP contribution in [0.5, 0.6) is 0 Å². The second kappa shape index (κ2) is 5.74. The number of carbonyl (C=O) groups is 2. The molecular formula is C17H30N2O3. The number of amides is 2. The van der Waals surface area contributed by atoms with E-state index in [0.717, 1.165) is 38.5 Å². The molecule has 3 aliphatic carbocycles. The first-order valence-corrected chi connectivity index (χ1v) is 8.26. The lowest BCUT2D eigenvalue weighted by molar-refractivity contribution is -0.149. The van der Waals surface area contributed by atoms with E-state index in [-0.39, 0.29) is 22.8 Å². The van der Waals surface area contributed by atoms with Crippen LogP contribution in [0.2, 0.25) is 0 Å². The van der Waals surface area contributed by atoms with Crippen LogP contribution in [0.1, 0.15) is 59.3 Å². The zero-order chi connectivity index (χ0) is 16.6. The monoisotopic (exact) mass is 310 g/mol. The summed E-state index contributed by atoms with van der Waals surface area (Å²) in [6.45, 7) is 6.27. The van der Waals surface area contributed by atoms with Crippen LogP contribution >= 0.6 is 0 Å². The lowest BCUT2D eigenvalue weighted by Gasteiger charge is -2.53. The molecule has 0 spiro atoms. The van der Waals surface area contributed by atoms with E-state index in [1.165, 1.54) is 0 Å². The first-order chi connectivity index (χ1) is 10.1. The number of hydrogen-bond acceptors (Lipinski definition) is 3. The maximum atomic E-state index is 12.4. The highest BCUT2D eigenvalue weighted by Crippen LogP contribution is 2.57. The zero-order valence-electron chi connectivity index (χ0n) is 14.6. The number of rotatable bonds is 3. The first kappa shape index (κ1) is 17.1. The Kier molecular flexibility index (Phi) is 4.46. The third-order valence-electron chi connectivity index (χ3n) is 5.27. The summed E-state index contributed by atoms with van der Waals surface area (Å²) in [5.74, 6) is 0.279. The SMILES string of the molecule is CN(C)C(=O)C12CCC(CNC(=O)OC(C)(C)C)(CC1)CC2. The van der Waals surface area contributed by atoms with Gasteiger partial charge in [-0.1, -0.05) is 0 Å². The van der Waals surface area contributed by atoms with Crippen molar-refractivity contribution in [3.63, 3.8) is 0 Å². The van der Waals surface area contributed by atoms with Crippen molar-refractivity contribution in [2.24, 2.45) is 10.8 Å². The summed E-state index contributed by atoms with van der Waals surface area (Å²) in [5.41, 5.74) is -0.448. The van der Waals surface area contributed by atoms with E-state index in [9.17, 15) is 9.59 Å². The Labute approximate surface area is 133 Å². The van der Waals surface area contributed by atoms with Gasteiger partial charge in [0, 0.05) is 26.1 Å². The summed E-state index contributed by atoms with van der Waals surface area (Å²) in [4.78, 5) is 26.0. The molecular weight excluding hydrogens is 280 g/mol. The fraction of sp³-hybridized carbons (Fsp3) is 0.882. The van der Waals surface area contributed by atoms with E-state index in [1.54, 1.807) is 4.90 Å². The summed E-state index contributed by atoms with van der Waals surface area (Å²) in [7, 11) is 3.69. The number of carbonyl (C=O) groups excluding carboxylic acids is 2. The van der Waals surface area contributed by atoms with Crippen LogP contribution in [-0.4, -0.2) is 43.1 Å². The molecule has 0 aromatic rings. The van der Waals surface area contributed by atoms with Crippen molar-refractivity contribution >= 4 is 12.0 Å². The van der Waals surface area contributed by atoms with Crippen LogP contribution in [0.25, 0.3) is 0 Å². The standard InChI is InChI=1S/C17H30N2O3/c1-15(2,3)22-14(21)18-12-16-6-9-17(10-7-16,11-8-16)13(20)19(4)5/h6-12H2,1-5H3,(H,18,21). The number of nitrogens with zero attached hydrogens (tertiary/aromatic N) is 1. The molecule has 0 heterocycles. The summed E-state index contributed by atoms with van der Waals surface area (Å²) < 4.78 is 5.31. The van der Waals surface area contributed by atoms with E-state index in [4.69, 9.17) is 4.74 Å². The van der Waals surface area contributed by atoms with E-state index >= 15 is 0 Å². The van der Waals surface area contributed by atoms with Gasteiger partial charge in [0.05, 0.1) is 0 Å². The van der Waals surface area contributed by atoms with Crippen LogP contribution in [-0.2, 0) is 9.53 Å². The Balaban J connectivity index is 1.89. The molecule has 1 N–H and O–H groups in total. The Hall–Kier alpha value is -1.26. The molecule has 2 bridgehead atoms. The molecule has 0 aromatic carbocycles. The van der Waals surface area contributed by atoms with Crippen molar-refractivity contribution in [1.82, 2.24) is 10.2 Å². The fourth-order valence-corrected chi connectivity index (χ4v) is 3.90. The fourth-order valence-electron chi connectivity index (χ4n) is 3.90. The number of ether oxygens (including phenoxy) is 1. The second-order valence-electron chi connectivity index (χ2n) is 8.34. The maximum Gasteiger partial charge on any atom is 0.407 e. The minimum atomic E-state index is -0.464. The number of nitrogens with one attached hydrogen (secondary N) is 1. The van der Waals surface area contributed by atoms with Crippen molar-refractivity contribution in [2.75, 3.05) is 20.6 Å². The molecule has 5 nitrogen and oxygen atoms in total. The highest BCUT2D eigenvalue weighted by molar-refractivity contribution is 5.82. The van der Waals surface area contributed by atoms with Gasteiger partial charge in [-0.3, -0.25) is 4.79 Å². The van der Waals surface area contributed by atoms with Gasteiger partial charge in [-0.05, 0) is 64.7 Å². The van der Waals surface area contributed by atoms with E-state index in [1.807, 2.05) is 34.9 Å². The van der Waals surface area contributed by atoms with Gasteiger partial charge in [0.15, 0.2) is 0 Å². The molecule has 3 aliphatic rings. The molecule has 3 saturated carbocycles. The summed E-state index contributed by atoms with van der Waals surface area (Å²) in [6, 6.07) is 0. The lowest BCUT2D eigenvalue weighted by Crippen LogP contribution is -2.53. The number of alkyl carbamates (subject to hydrolysis) is 1. The quantitative estimate of drug-likeness (QED) is 0.872. The molecule has 126 valence electrons. The van der Waals surface area contributed by atoms with Crippen LogP contribution in [0.15, 0.2) is 0 Å². The molecule has 0 unspecified atom stereocenters. The van der Waals surface area contributed by atoms with Crippen molar-refractivity contribution < 1.29 is 14.3 Å². The van der Waals surface area contributed by atoms with Crippen molar-refractivity contribution in [1.29, 1.82) is 0 Å². The summed E-state index contributed by atoms with van der Waals surface area (Å²) >= 11 is 0. The molecule has 3 rings (SSSR count). The minimum absolute atomic E-state index is 0.142. The average molecular weight is 310 g/mol. The molecule has 22 heavy (non-hydrogen) atoms. The van der Waals surface area contributed by atoms with E-state index in [2.05, 4.69) is 5.32 Å². The van der Waals surface area contributed by atoms with Gasteiger partial charge >= 0.3 is 6.09 Å². The molecule has 0 aliphatic heterocycles. The number of hydrogen-bond donors (Lipinski definition) is 1. The topological polar surface area (TPSA) is 58.6 Å². The Morgan fingerprint density at radius 3 is 1.95 bits per heavy atom.